The smallest absolute Gasteiger partial charge is 0.131 e. The zero-order chi connectivity index (χ0) is 14.3. The van der Waals surface area contributed by atoms with Crippen LogP contribution in [-0.2, 0) is 9.47 Å². The standard InChI is InChI=1S/C16H26O3/c1-5-7-15(18-4)14-9-8-13(3)16(17,12-14)10-11-19-6-2/h5,7,13-15,17H,6,8-9,12H2,1-4H3/b7-5-/t13-,14-,15+,16+/m1/s1. The highest BCUT2D eigenvalue weighted by Crippen LogP contribution is 2.39. The molecule has 1 aliphatic rings. The molecule has 0 bridgehead atoms. The quantitative estimate of drug-likeness (QED) is 0.628. The number of ether oxygens (including phenoxy) is 2. The zero-order valence-corrected chi connectivity index (χ0v) is 12.5. The van der Waals surface area contributed by atoms with E-state index in [-0.39, 0.29) is 12.0 Å². The number of rotatable bonds is 4. The first-order valence-electron chi connectivity index (χ1n) is 7.09. The van der Waals surface area contributed by atoms with E-state index in [2.05, 4.69) is 18.1 Å². The second-order valence-electron chi connectivity index (χ2n) is 5.25. The first-order valence-corrected chi connectivity index (χ1v) is 7.09. The van der Waals surface area contributed by atoms with Crippen molar-refractivity contribution in [2.75, 3.05) is 13.7 Å². The van der Waals surface area contributed by atoms with Crippen molar-refractivity contribution in [3.8, 4) is 12.0 Å². The number of hydrogen-bond donors (Lipinski definition) is 1. The first kappa shape index (κ1) is 16.1. The van der Waals surface area contributed by atoms with E-state index < -0.39 is 5.60 Å². The highest BCUT2D eigenvalue weighted by atomic mass is 16.5. The molecule has 0 aliphatic heterocycles. The van der Waals surface area contributed by atoms with Gasteiger partial charge in [-0.2, -0.15) is 0 Å². The summed E-state index contributed by atoms with van der Waals surface area (Å²) >= 11 is 0. The van der Waals surface area contributed by atoms with E-state index in [1.54, 1.807) is 7.11 Å². The summed E-state index contributed by atoms with van der Waals surface area (Å²) in [6.07, 6.45) is 9.38. The predicted molar refractivity (Wildman–Crippen MR) is 76.5 cm³/mol. The molecule has 0 aromatic carbocycles. The minimum atomic E-state index is -0.962. The second-order valence-corrected chi connectivity index (χ2v) is 5.25. The van der Waals surface area contributed by atoms with Crippen molar-refractivity contribution in [2.45, 2.75) is 51.7 Å². The van der Waals surface area contributed by atoms with Gasteiger partial charge in [-0.3, -0.25) is 0 Å². The van der Waals surface area contributed by atoms with Crippen molar-refractivity contribution in [1.29, 1.82) is 0 Å². The Hall–Kier alpha value is -0.980. The molecule has 0 spiro atoms. The fourth-order valence-electron chi connectivity index (χ4n) is 2.67. The molecule has 0 unspecified atom stereocenters. The Morgan fingerprint density at radius 1 is 1.47 bits per heavy atom. The third-order valence-electron chi connectivity index (χ3n) is 3.96. The molecule has 0 amide bonds. The Morgan fingerprint density at radius 3 is 2.79 bits per heavy atom. The topological polar surface area (TPSA) is 38.7 Å². The number of allylic oxidation sites excluding steroid dienone is 1. The Labute approximate surface area is 117 Å². The molecular weight excluding hydrogens is 240 g/mol. The van der Waals surface area contributed by atoms with Crippen molar-refractivity contribution >= 4 is 0 Å². The summed E-state index contributed by atoms with van der Waals surface area (Å²) in [7, 11) is 1.72. The van der Waals surface area contributed by atoms with Gasteiger partial charge in [-0.1, -0.05) is 19.1 Å². The molecule has 0 aromatic rings. The van der Waals surface area contributed by atoms with Gasteiger partial charge < -0.3 is 14.6 Å². The van der Waals surface area contributed by atoms with Crippen LogP contribution >= 0.6 is 0 Å². The van der Waals surface area contributed by atoms with Crippen LogP contribution in [0, 0.1) is 23.9 Å². The molecule has 0 aromatic heterocycles. The van der Waals surface area contributed by atoms with Crippen LogP contribution in [0.4, 0.5) is 0 Å². The fraction of sp³-hybridized carbons (Fsp3) is 0.750. The molecule has 19 heavy (non-hydrogen) atoms. The van der Waals surface area contributed by atoms with Gasteiger partial charge in [0, 0.05) is 7.11 Å². The second kappa shape index (κ2) is 7.57. The van der Waals surface area contributed by atoms with Gasteiger partial charge in [-0.25, -0.2) is 0 Å². The lowest BCUT2D eigenvalue weighted by atomic mass is 9.70. The molecule has 1 aliphatic carbocycles. The van der Waals surface area contributed by atoms with E-state index in [9.17, 15) is 5.11 Å². The van der Waals surface area contributed by atoms with E-state index in [1.807, 2.05) is 26.8 Å². The normalized spacial score (nSPS) is 32.7. The molecular formula is C16H26O3. The van der Waals surface area contributed by atoms with Gasteiger partial charge in [0.2, 0.25) is 0 Å². The Kier molecular flexibility index (Phi) is 6.41. The Balaban J connectivity index is 2.79. The molecule has 0 heterocycles. The van der Waals surface area contributed by atoms with Crippen LogP contribution in [0.15, 0.2) is 12.2 Å². The Bertz CT molecular complexity index is 353. The molecule has 4 atom stereocenters. The lowest BCUT2D eigenvalue weighted by Crippen LogP contribution is -2.44. The van der Waals surface area contributed by atoms with Gasteiger partial charge in [-0.05, 0) is 50.9 Å². The fourth-order valence-corrected chi connectivity index (χ4v) is 2.67. The maximum atomic E-state index is 10.7. The van der Waals surface area contributed by atoms with Crippen molar-refractivity contribution in [1.82, 2.24) is 0 Å². The summed E-state index contributed by atoms with van der Waals surface area (Å²) in [5, 5.41) is 10.7. The van der Waals surface area contributed by atoms with Crippen LogP contribution in [-0.4, -0.2) is 30.5 Å². The molecule has 1 fully saturated rings. The van der Waals surface area contributed by atoms with Crippen LogP contribution < -0.4 is 0 Å². The van der Waals surface area contributed by atoms with Crippen LogP contribution in [0.1, 0.15) is 40.0 Å². The van der Waals surface area contributed by atoms with E-state index >= 15 is 0 Å². The molecule has 0 radical (unpaired) electrons. The van der Waals surface area contributed by atoms with Crippen molar-refractivity contribution in [2.24, 2.45) is 11.8 Å². The number of aliphatic hydroxyl groups is 1. The molecule has 1 rings (SSSR count). The van der Waals surface area contributed by atoms with E-state index in [0.717, 1.165) is 12.8 Å². The number of hydrogen-bond acceptors (Lipinski definition) is 3. The lowest BCUT2D eigenvalue weighted by Gasteiger charge is -2.40. The summed E-state index contributed by atoms with van der Waals surface area (Å²) < 4.78 is 10.6. The van der Waals surface area contributed by atoms with Crippen molar-refractivity contribution in [3.05, 3.63) is 12.2 Å². The summed E-state index contributed by atoms with van der Waals surface area (Å²) in [5.41, 5.74) is -0.962. The van der Waals surface area contributed by atoms with Gasteiger partial charge in [0.15, 0.2) is 0 Å². The van der Waals surface area contributed by atoms with Crippen molar-refractivity contribution < 1.29 is 14.6 Å². The molecule has 3 nitrogen and oxygen atoms in total. The average Bonchev–Trinajstić information content (AvgIpc) is 2.40. The van der Waals surface area contributed by atoms with E-state index in [1.165, 1.54) is 0 Å². The number of methoxy groups -OCH3 is 1. The third-order valence-corrected chi connectivity index (χ3v) is 3.96. The minimum Gasteiger partial charge on any atom is -0.447 e. The molecule has 1 saturated carbocycles. The van der Waals surface area contributed by atoms with E-state index in [4.69, 9.17) is 9.47 Å². The van der Waals surface area contributed by atoms with Gasteiger partial charge >= 0.3 is 0 Å². The van der Waals surface area contributed by atoms with Crippen molar-refractivity contribution in [3.63, 3.8) is 0 Å². The van der Waals surface area contributed by atoms with Crippen LogP contribution in [0.3, 0.4) is 0 Å². The summed E-state index contributed by atoms with van der Waals surface area (Å²) in [6.45, 7) is 6.46. The lowest BCUT2D eigenvalue weighted by molar-refractivity contribution is -0.0405. The summed E-state index contributed by atoms with van der Waals surface area (Å²) in [5.74, 6) is 3.37. The summed E-state index contributed by atoms with van der Waals surface area (Å²) in [6, 6.07) is 0. The molecule has 0 saturated heterocycles. The monoisotopic (exact) mass is 266 g/mol. The molecule has 3 heteroatoms. The predicted octanol–water partition coefficient (Wildman–Crippen LogP) is 2.74. The molecule has 1 N–H and O–H groups in total. The van der Waals surface area contributed by atoms with Crippen LogP contribution in [0.2, 0.25) is 0 Å². The maximum absolute atomic E-state index is 10.7. The van der Waals surface area contributed by atoms with Gasteiger partial charge in [0.1, 0.15) is 11.7 Å². The SMILES string of the molecule is C/C=C\[C@H](OC)[C@@H]1CC[C@@H](C)[C@](O)(C#COCC)C1. The third kappa shape index (κ3) is 4.26. The molecule has 108 valence electrons. The van der Waals surface area contributed by atoms with Gasteiger partial charge in [-0.15, -0.1) is 0 Å². The van der Waals surface area contributed by atoms with Crippen LogP contribution in [0.5, 0.6) is 0 Å². The average molecular weight is 266 g/mol. The highest BCUT2D eigenvalue weighted by molar-refractivity contribution is 5.16. The maximum Gasteiger partial charge on any atom is 0.131 e. The highest BCUT2D eigenvalue weighted by Gasteiger charge is 2.41. The zero-order valence-electron chi connectivity index (χ0n) is 12.5. The summed E-state index contributed by atoms with van der Waals surface area (Å²) in [4.78, 5) is 0. The van der Waals surface area contributed by atoms with Crippen LogP contribution in [0.25, 0.3) is 0 Å². The first-order chi connectivity index (χ1) is 9.07. The Morgan fingerprint density at radius 2 is 2.21 bits per heavy atom. The van der Waals surface area contributed by atoms with Gasteiger partial charge in [0.05, 0.1) is 12.7 Å². The van der Waals surface area contributed by atoms with E-state index in [0.29, 0.717) is 18.9 Å². The minimum absolute atomic E-state index is 0.0536. The largest absolute Gasteiger partial charge is 0.447 e. The van der Waals surface area contributed by atoms with Gasteiger partial charge in [0.25, 0.3) is 0 Å².